The van der Waals surface area contributed by atoms with E-state index in [4.69, 9.17) is 4.98 Å². The average molecular weight is 729 g/mol. The summed E-state index contributed by atoms with van der Waals surface area (Å²) in [5.74, 6) is 0.947. The summed E-state index contributed by atoms with van der Waals surface area (Å²) in [5.41, 5.74) is 19.9. The molecule has 2 aliphatic carbocycles. The SMILES string of the molecule is CC1(C)c2cc(-c3ccc(-c4nc5ccccc5n4-c4ccccc4)cc3)ccc2-c2ccc3c(c21)C(C)(C)c1cc(-c2ccc([O-])c4[nH+]cccc24)ccc1-3.[Li+]. The van der Waals surface area contributed by atoms with E-state index in [1.54, 1.807) is 6.07 Å². The zero-order valence-corrected chi connectivity index (χ0v) is 32.8. The molecule has 0 bridgehead atoms. The van der Waals surface area contributed by atoms with Crippen LogP contribution in [0, 0.1) is 0 Å². The van der Waals surface area contributed by atoms with E-state index in [0.717, 1.165) is 44.6 Å². The van der Waals surface area contributed by atoms with Gasteiger partial charge in [-0.15, -0.1) is 0 Å². The maximum absolute atomic E-state index is 12.7. The van der Waals surface area contributed by atoms with Gasteiger partial charge in [-0.25, -0.2) is 9.97 Å². The zero-order valence-electron chi connectivity index (χ0n) is 32.8. The number of nitrogens with one attached hydrogen (secondary N) is 1. The number of benzene rings is 7. The van der Waals surface area contributed by atoms with Crippen molar-refractivity contribution in [3.8, 4) is 67.3 Å². The fraction of sp³-hybridized carbons (Fsp3) is 0.115. The van der Waals surface area contributed by atoms with Crippen LogP contribution in [0.2, 0.25) is 0 Å². The number of imidazole rings is 1. The van der Waals surface area contributed by atoms with Crippen molar-refractivity contribution in [1.29, 1.82) is 0 Å². The third-order valence-corrected chi connectivity index (χ3v) is 12.6. The van der Waals surface area contributed by atoms with E-state index in [0.29, 0.717) is 5.52 Å². The summed E-state index contributed by atoms with van der Waals surface area (Å²) in [6.45, 7) is 9.56. The molecule has 0 fully saturated rings. The van der Waals surface area contributed by atoms with Gasteiger partial charge in [-0.05, 0) is 115 Å². The fourth-order valence-corrected chi connectivity index (χ4v) is 9.88. The Labute approximate surface area is 344 Å². The monoisotopic (exact) mass is 728 g/mol. The van der Waals surface area contributed by atoms with Crippen LogP contribution < -0.4 is 29.0 Å². The summed E-state index contributed by atoms with van der Waals surface area (Å²) >= 11 is 0. The first-order chi connectivity index (χ1) is 27.2. The van der Waals surface area contributed by atoms with Gasteiger partial charge in [0.1, 0.15) is 5.82 Å². The van der Waals surface area contributed by atoms with Crippen LogP contribution in [0.15, 0.2) is 158 Å². The van der Waals surface area contributed by atoms with Gasteiger partial charge in [0.05, 0.1) is 16.4 Å². The molecule has 0 amide bonds. The number of pyridine rings is 1. The van der Waals surface area contributed by atoms with Crippen LogP contribution >= 0.6 is 0 Å². The van der Waals surface area contributed by atoms with Crippen molar-refractivity contribution in [2.24, 2.45) is 0 Å². The molecule has 4 nitrogen and oxygen atoms in total. The number of H-pyrrole nitrogens is 1. The third-order valence-electron chi connectivity index (χ3n) is 12.6. The predicted molar refractivity (Wildman–Crippen MR) is 226 cm³/mol. The van der Waals surface area contributed by atoms with E-state index in [1.807, 2.05) is 30.5 Å². The summed E-state index contributed by atoms with van der Waals surface area (Å²) in [5, 5.41) is 13.6. The van der Waals surface area contributed by atoms with Crippen molar-refractivity contribution in [2.45, 2.75) is 38.5 Å². The minimum atomic E-state index is -0.222. The number of aromatic amines is 1. The number of aromatic nitrogens is 3. The van der Waals surface area contributed by atoms with Gasteiger partial charge in [0, 0.05) is 28.1 Å². The molecule has 0 saturated heterocycles. The van der Waals surface area contributed by atoms with Gasteiger partial charge < -0.3 is 5.11 Å². The quantitative estimate of drug-likeness (QED) is 0.170. The first-order valence-electron chi connectivity index (χ1n) is 19.4. The van der Waals surface area contributed by atoms with Gasteiger partial charge in [0.2, 0.25) is 5.52 Å². The molecule has 2 heterocycles. The third kappa shape index (κ3) is 5.07. The summed E-state index contributed by atoms with van der Waals surface area (Å²) in [4.78, 5) is 8.27. The first-order valence-corrected chi connectivity index (χ1v) is 19.4. The first kappa shape index (κ1) is 35.2. The normalized spacial score (nSPS) is 14.2. The van der Waals surface area contributed by atoms with E-state index in [2.05, 4.69) is 159 Å². The molecular formula is C52H39LiN3O+. The molecule has 0 unspecified atom stereocenters. The Balaban J connectivity index is 0.00000396. The Bertz CT molecular complexity index is 3090. The van der Waals surface area contributed by atoms with Crippen molar-refractivity contribution < 1.29 is 29.0 Å². The number of hydrogen-bond acceptors (Lipinski definition) is 2. The average Bonchev–Trinajstić information content (AvgIpc) is 3.81. The van der Waals surface area contributed by atoms with Gasteiger partial charge in [0.25, 0.3) is 0 Å². The number of fused-ring (bicyclic) bond motifs is 9. The molecule has 1 N–H and O–H groups in total. The molecule has 0 saturated carbocycles. The summed E-state index contributed by atoms with van der Waals surface area (Å²) in [7, 11) is 0. The molecule has 2 aliphatic rings. The smallest absolute Gasteiger partial charge is 0.868 e. The maximum Gasteiger partial charge on any atom is 1.00 e. The van der Waals surface area contributed by atoms with Gasteiger partial charge >= 0.3 is 18.9 Å². The standard InChI is InChI=1S/C52H39N3O.Li/c1-51(2)42-29-33(31-16-18-32(19-17-31)50-54-44-14-8-9-15-45(44)55(50)35-11-6-5-7-12-35)20-22-37(42)39-24-25-40-38-23-21-34(30-43(38)52(3,4)48(40)47(39)51)36-26-27-46(56)49-41(36)13-10-28-53-49;/h5-30,56H,1-4H3;/q;+1. The Morgan fingerprint density at radius 3 is 1.79 bits per heavy atom. The number of hydrogen-bond donors (Lipinski definition) is 0. The molecule has 7 aromatic carbocycles. The minimum Gasteiger partial charge on any atom is -0.868 e. The van der Waals surface area contributed by atoms with E-state index < -0.39 is 0 Å². The van der Waals surface area contributed by atoms with Crippen LogP contribution in [0.3, 0.4) is 0 Å². The van der Waals surface area contributed by atoms with Gasteiger partial charge in [-0.3, -0.25) is 4.57 Å². The van der Waals surface area contributed by atoms with Crippen molar-refractivity contribution in [3.63, 3.8) is 0 Å². The summed E-state index contributed by atoms with van der Waals surface area (Å²) < 4.78 is 2.25. The van der Waals surface area contributed by atoms with Crippen molar-refractivity contribution in [2.75, 3.05) is 0 Å². The van der Waals surface area contributed by atoms with Crippen LogP contribution in [0.5, 0.6) is 5.75 Å². The molecule has 0 radical (unpaired) electrons. The van der Waals surface area contributed by atoms with Crippen LogP contribution in [-0.4, -0.2) is 9.55 Å². The Kier molecular flexibility index (Phi) is 7.83. The van der Waals surface area contributed by atoms with E-state index in [9.17, 15) is 5.11 Å². The van der Waals surface area contributed by atoms with Crippen LogP contribution in [-0.2, 0) is 10.8 Å². The molecule has 5 heteroatoms. The molecule has 0 spiro atoms. The molecule has 0 atom stereocenters. The molecule has 9 aromatic rings. The van der Waals surface area contributed by atoms with E-state index in [-0.39, 0.29) is 35.4 Å². The van der Waals surface area contributed by atoms with Gasteiger partial charge in [0.15, 0.2) is 6.20 Å². The van der Waals surface area contributed by atoms with Gasteiger partial charge in [-0.2, -0.15) is 0 Å². The molecule has 268 valence electrons. The molecular weight excluding hydrogens is 690 g/mol. The van der Waals surface area contributed by atoms with Crippen molar-refractivity contribution >= 4 is 21.9 Å². The second kappa shape index (κ2) is 12.7. The van der Waals surface area contributed by atoms with E-state index >= 15 is 0 Å². The number of para-hydroxylation sites is 3. The number of rotatable bonds is 4. The fourth-order valence-electron chi connectivity index (χ4n) is 9.88. The largest absolute Gasteiger partial charge is 1.00 e. The van der Waals surface area contributed by atoms with E-state index in [1.165, 1.54) is 55.6 Å². The minimum absolute atomic E-state index is 0. The molecule has 11 rings (SSSR count). The zero-order chi connectivity index (χ0) is 37.9. The van der Waals surface area contributed by atoms with Crippen molar-refractivity contribution in [1.82, 2.24) is 9.55 Å². The Morgan fingerprint density at radius 2 is 1.09 bits per heavy atom. The Morgan fingerprint density at radius 1 is 0.526 bits per heavy atom. The Hall–Kier alpha value is -6.18. The van der Waals surface area contributed by atoms with Crippen molar-refractivity contribution in [3.05, 3.63) is 180 Å². The van der Waals surface area contributed by atoms with Crippen LogP contribution in [0.1, 0.15) is 49.9 Å². The topological polar surface area (TPSA) is 55.0 Å². The molecule has 0 aliphatic heterocycles. The maximum atomic E-state index is 12.7. The summed E-state index contributed by atoms with van der Waals surface area (Å²) in [6.07, 6.45) is 1.82. The summed E-state index contributed by atoms with van der Waals surface area (Å²) in [6, 6.07) is 54.0. The molecule has 57 heavy (non-hydrogen) atoms. The number of nitrogens with zero attached hydrogens (tertiary/aromatic N) is 2. The predicted octanol–water partition coefficient (Wildman–Crippen LogP) is 8.68. The van der Waals surface area contributed by atoms with Crippen LogP contribution in [0.25, 0.3) is 83.5 Å². The molecule has 2 aromatic heterocycles. The van der Waals surface area contributed by atoms with Crippen LogP contribution in [0.4, 0.5) is 0 Å². The second-order valence-electron chi connectivity index (χ2n) is 16.4. The van der Waals surface area contributed by atoms with Gasteiger partial charge in [-0.1, -0.05) is 131 Å². The second-order valence-corrected chi connectivity index (χ2v) is 16.4.